The third kappa shape index (κ3) is 3.72. The topological polar surface area (TPSA) is 20.2 Å². The Morgan fingerprint density at radius 2 is 2.00 bits per heavy atom. The third-order valence-electron chi connectivity index (χ3n) is 3.94. The van der Waals surface area contributed by atoms with Crippen molar-refractivity contribution in [1.82, 2.24) is 0 Å². The van der Waals surface area contributed by atoms with Crippen LogP contribution in [0.1, 0.15) is 37.7 Å². The van der Waals surface area contributed by atoms with Gasteiger partial charge in [-0.05, 0) is 36.0 Å². The van der Waals surface area contributed by atoms with Gasteiger partial charge in [0, 0.05) is 11.6 Å². The lowest BCUT2D eigenvalue weighted by molar-refractivity contribution is 0.147. The molecule has 1 fully saturated rings. The van der Waals surface area contributed by atoms with Gasteiger partial charge in [0.2, 0.25) is 0 Å². The molecule has 1 unspecified atom stereocenters. The van der Waals surface area contributed by atoms with E-state index in [1.807, 2.05) is 18.2 Å². The molecule has 1 aromatic carbocycles. The Morgan fingerprint density at radius 1 is 1.24 bits per heavy atom. The predicted octanol–water partition coefficient (Wildman–Crippen LogP) is 4.07. The largest absolute Gasteiger partial charge is 0.396 e. The Hall–Kier alpha value is -0.530. The van der Waals surface area contributed by atoms with Crippen molar-refractivity contribution in [3.05, 3.63) is 34.9 Å². The lowest BCUT2D eigenvalue weighted by atomic mass is 9.78. The highest BCUT2D eigenvalue weighted by Crippen LogP contribution is 2.32. The fourth-order valence-corrected chi connectivity index (χ4v) is 3.17. The van der Waals surface area contributed by atoms with Crippen molar-refractivity contribution >= 4 is 11.6 Å². The van der Waals surface area contributed by atoms with Gasteiger partial charge in [-0.1, -0.05) is 55.8 Å². The van der Waals surface area contributed by atoms with Gasteiger partial charge in [0.15, 0.2) is 0 Å². The molecule has 0 amide bonds. The molecule has 1 aliphatic carbocycles. The number of hydrogen-bond acceptors (Lipinski definition) is 1. The summed E-state index contributed by atoms with van der Waals surface area (Å²) in [4.78, 5) is 0. The fraction of sp³-hybridized carbons (Fsp3) is 0.600. The Labute approximate surface area is 109 Å². The molecule has 0 radical (unpaired) electrons. The van der Waals surface area contributed by atoms with Crippen LogP contribution in [-0.2, 0) is 6.42 Å². The third-order valence-corrected chi connectivity index (χ3v) is 4.17. The van der Waals surface area contributed by atoms with Gasteiger partial charge in [0.25, 0.3) is 0 Å². The van der Waals surface area contributed by atoms with Crippen molar-refractivity contribution in [2.75, 3.05) is 6.61 Å². The Kier molecular flexibility index (Phi) is 4.87. The number of aliphatic hydroxyl groups is 1. The van der Waals surface area contributed by atoms with Crippen LogP contribution >= 0.6 is 11.6 Å². The molecule has 17 heavy (non-hydrogen) atoms. The van der Waals surface area contributed by atoms with Crippen LogP contribution in [-0.4, -0.2) is 11.7 Å². The van der Waals surface area contributed by atoms with Crippen LogP contribution in [0.25, 0.3) is 0 Å². The van der Waals surface area contributed by atoms with Gasteiger partial charge in [-0.3, -0.25) is 0 Å². The number of aliphatic hydroxyl groups excluding tert-OH is 1. The van der Waals surface area contributed by atoms with Crippen LogP contribution in [0.3, 0.4) is 0 Å². The van der Waals surface area contributed by atoms with E-state index < -0.39 is 0 Å². The maximum absolute atomic E-state index is 9.58. The maximum atomic E-state index is 9.58. The zero-order valence-electron chi connectivity index (χ0n) is 10.2. The summed E-state index contributed by atoms with van der Waals surface area (Å²) < 4.78 is 0. The van der Waals surface area contributed by atoms with Gasteiger partial charge in [0.05, 0.1) is 0 Å². The average molecular weight is 253 g/mol. The lowest BCUT2D eigenvalue weighted by Crippen LogP contribution is -2.23. The normalized spacial score (nSPS) is 19.2. The molecular weight excluding hydrogens is 232 g/mol. The monoisotopic (exact) mass is 252 g/mol. The highest BCUT2D eigenvalue weighted by Gasteiger charge is 2.23. The van der Waals surface area contributed by atoms with E-state index in [2.05, 4.69) is 6.07 Å². The molecule has 1 nitrogen and oxygen atoms in total. The van der Waals surface area contributed by atoms with Crippen LogP contribution in [0.4, 0.5) is 0 Å². The van der Waals surface area contributed by atoms with E-state index in [1.54, 1.807) is 0 Å². The number of benzene rings is 1. The van der Waals surface area contributed by atoms with Crippen molar-refractivity contribution in [2.24, 2.45) is 11.8 Å². The molecule has 2 rings (SSSR count). The number of hydrogen-bond donors (Lipinski definition) is 1. The standard InChI is InChI=1S/C15H21ClO/c16-15-8-4-5-12(10-15)9-14(11-17)13-6-2-1-3-7-13/h4-5,8,10,13-14,17H,1-3,6-7,9,11H2. The first kappa shape index (κ1) is 12.9. The Morgan fingerprint density at radius 3 is 2.65 bits per heavy atom. The highest BCUT2D eigenvalue weighted by atomic mass is 35.5. The predicted molar refractivity (Wildman–Crippen MR) is 72.3 cm³/mol. The van der Waals surface area contributed by atoms with Crippen molar-refractivity contribution in [3.63, 3.8) is 0 Å². The molecule has 1 aromatic rings. The second kappa shape index (κ2) is 6.42. The summed E-state index contributed by atoms with van der Waals surface area (Å²) in [5.74, 6) is 1.11. The second-order valence-electron chi connectivity index (χ2n) is 5.17. The maximum Gasteiger partial charge on any atom is 0.0465 e. The summed E-state index contributed by atoms with van der Waals surface area (Å²) in [6.45, 7) is 0.303. The average Bonchev–Trinajstić information content (AvgIpc) is 2.37. The minimum absolute atomic E-state index is 0.303. The van der Waals surface area contributed by atoms with Crippen LogP contribution in [0, 0.1) is 11.8 Å². The van der Waals surface area contributed by atoms with Gasteiger partial charge in [-0.2, -0.15) is 0 Å². The van der Waals surface area contributed by atoms with E-state index >= 15 is 0 Å². The molecule has 0 aliphatic heterocycles. The van der Waals surface area contributed by atoms with Gasteiger partial charge < -0.3 is 5.11 Å². The molecule has 0 bridgehead atoms. The molecule has 94 valence electrons. The molecule has 1 N–H and O–H groups in total. The van der Waals surface area contributed by atoms with E-state index in [0.29, 0.717) is 18.4 Å². The van der Waals surface area contributed by atoms with E-state index in [-0.39, 0.29) is 0 Å². The molecule has 0 spiro atoms. The second-order valence-corrected chi connectivity index (χ2v) is 5.61. The van der Waals surface area contributed by atoms with E-state index in [9.17, 15) is 5.11 Å². The van der Waals surface area contributed by atoms with Crippen LogP contribution in [0.15, 0.2) is 24.3 Å². The molecule has 0 heterocycles. The molecule has 2 heteroatoms. The summed E-state index contributed by atoms with van der Waals surface area (Å²) in [5, 5.41) is 10.4. The summed E-state index contributed by atoms with van der Waals surface area (Å²) in [6.07, 6.45) is 7.55. The van der Waals surface area contributed by atoms with Gasteiger partial charge in [-0.15, -0.1) is 0 Å². The van der Waals surface area contributed by atoms with Crippen molar-refractivity contribution in [2.45, 2.75) is 38.5 Å². The molecular formula is C15H21ClO. The zero-order valence-corrected chi connectivity index (χ0v) is 11.0. The van der Waals surface area contributed by atoms with Crippen molar-refractivity contribution < 1.29 is 5.11 Å². The van der Waals surface area contributed by atoms with Crippen LogP contribution in [0.2, 0.25) is 5.02 Å². The number of rotatable bonds is 4. The zero-order chi connectivity index (χ0) is 12.1. The summed E-state index contributed by atoms with van der Waals surface area (Å²) in [5.41, 5.74) is 1.25. The first-order valence-corrected chi connectivity index (χ1v) is 7.02. The van der Waals surface area contributed by atoms with E-state index in [1.165, 1.54) is 37.7 Å². The van der Waals surface area contributed by atoms with Crippen molar-refractivity contribution in [3.8, 4) is 0 Å². The van der Waals surface area contributed by atoms with Gasteiger partial charge >= 0.3 is 0 Å². The highest BCUT2D eigenvalue weighted by molar-refractivity contribution is 6.30. The summed E-state index contributed by atoms with van der Waals surface area (Å²) in [7, 11) is 0. The van der Waals surface area contributed by atoms with Crippen LogP contribution in [0.5, 0.6) is 0 Å². The Bertz CT molecular complexity index is 345. The first-order chi connectivity index (χ1) is 8.29. The Balaban J connectivity index is 1.98. The summed E-state index contributed by atoms with van der Waals surface area (Å²) >= 11 is 5.99. The fourth-order valence-electron chi connectivity index (χ4n) is 2.95. The van der Waals surface area contributed by atoms with E-state index in [0.717, 1.165) is 11.4 Å². The molecule has 1 atom stereocenters. The minimum atomic E-state index is 0.303. The van der Waals surface area contributed by atoms with Gasteiger partial charge in [0.1, 0.15) is 0 Å². The van der Waals surface area contributed by atoms with E-state index in [4.69, 9.17) is 11.6 Å². The number of halogens is 1. The molecule has 1 saturated carbocycles. The smallest absolute Gasteiger partial charge is 0.0465 e. The molecule has 0 saturated heterocycles. The quantitative estimate of drug-likeness (QED) is 0.857. The first-order valence-electron chi connectivity index (χ1n) is 6.65. The van der Waals surface area contributed by atoms with Crippen LogP contribution < -0.4 is 0 Å². The minimum Gasteiger partial charge on any atom is -0.396 e. The lowest BCUT2D eigenvalue weighted by Gasteiger charge is -2.29. The molecule has 0 aromatic heterocycles. The van der Waals surface area contributed by atoms with Gasteiger partial charge in [-0.25, -0.2) is 0 Å². The van der Waals surface area contributed by atoms with Crippen molar-refractivity contribution in [1.29, 1.82) is 0 Å². The SMILES string of the molecule is OCC(Cc1cccc(Cl)c1)C1CCCCC1. The molecule has 1 aliphatic rings. The summed E-state index contributed by atoms with van der Waals surface area (Å²) in [6, 6.07) is 8.02.